The highest BCUT2D eigenvalue weighted by atomic mass is 16.7. The first kappa shape index (κ1) is 8.27. The van der Waals surface area contributed by atoms with Crippen LogP contribution in [0.1, 0.15) is 26.2 Å². The molecule has 1 atom stereocenters. The molecule has 0 saturated heterocycles. The maximum atomic E-state index is 10.6. The molecule has 11 heavy (non-hydrogen) atoms. The standard InChI is InChI=1S/C8H12O3/c1-2-3-5-8(10)6-4-7(9)11-8/h4,6,10H,2-3,5H2,1H3. The Kier molecular flexibility index (Phi) is 2.29. The number of esters is 1. The Hall–Kier alpha value is -0.830. The summed E-state index contributed by atoms with van der Waals surface area (Å²) >= 11 is 0. The summed E-state index contributed by atoms with van der Waals surface area (Å²) in [6, 6.07) is 0. The Bertz CT molecular complexity index is 186. The number of carbonyl (C=O) groups is 1. The molecular formula is C8H12O3. The van der Waals surface area contributed by atoms with Crippen LogP contribution in [0.4, 0.5) is 0 Å². The van der Waals surface area contributed by atoms with Gasteiger partial charge in [0.1, 0.15) is 0 Å². The van der Waals surface area contributed by atoms with Gasteiger partial charge < -0.3 is 9.84 Å². The van der Waals surface area contributed by atoms with E-state index in [2.05, 4.69) is 4.74 Å². The topological polar surface area (TPSA) is 46.5 Å². The van der Waals surface area contributed by atoms with Gasteiger partial charge in [-0.2, -0.15) is 0 Å². The zero-order valence-corrected chi connectivity index (χ0v) is 6.54. The van der Waals surface area contributed by atoms with E-state index in [4.69, 9.17) is 0 Å². The highest BCUT2D eigenvalue weighted by Crippen LogP contribution is 2.22. The molecule has 1 unspecified atom stereocenters. The number of aliphatic hydroxyl groups is 1. The summed E-state index contributed by atoms with van der Waals surface area (Å²) < 4.78 is 4.66. The molecule has 0 aromatic heterocycles. The lowest BCUT2D eigenvalue weighted by Crippen LogP contribution is -2.27. The van der Waals surface area contributed by atoms with Gasteiger partial charge in [0.05, 0.1) is 0 Å². The quantitative estimate of drug-likeness (QED) is 0.619. The van der Waals surface area contributed by atoms with Crippen LogP contribution in [-0.4, -0.2) is 16.9 Å². The monoisotopic (exact) mass is 156 g/mol. The lowest BCUT2D eigenvalue weighted by Gasteiger charge is -2.18. The van der Waals surface area contributed by atoms with Crippen LogP contribution >= 0.6 is 0 Å². The van der Waals surface area contributed by atoms with Gasteiger partial charge in [-0.05, 0) is 12.5 Å². The summed E-state index contributed by atoms with van der Waals surface area (Å²) in [5.74, 6) is -1.77. The number of carbonyl (C=O) groups excluding carboxylic acids is 1. The second kappa shape index (κ2) is 3.05. The Morgan fingerprint density at radius 3 is 2.91 bits per heavy atom. The van der Waals surface area contributed by atoms with Gasteiger partial charge in [0, 0.05) is 12.5 Å². The van der Waals surface area contributed by atoms with Crippen molar-refractivity contribution in [3.8, 4) is 0 Å². The van der Waals surface area contributed by atoms with Crippen molar-refractivity contribution in [2.75, 3.05) is 0 Å². The molecule has 62 valence electrons. The zero-order chi connectivity index (χ0) is 8.32. The molecule has 0 aromatic carbocycles. The maximum Gasteiger partial charge on any atom is 0.333 e. The van der Waals surface area contributed by atoms with Gasteiger partial charge in [-0.25, -0.2) is 4.79 Å². The summed E-state index contributed by atoms with van der Waals surface area (Å²) in [5, 5.41) is 9.46. The minimum atomic E-state index is -1.31. The molecule has 1 aliphatic rings. The summed E-state index contributed by atoms with van der Waals surface area (Å²) in [7, 11) is 0. The molecule has 1 aliphatic heterocycles. The Morgan fingerprint density at radius 2 is 2.45 bits per heavy atom. The van der Waals surface area contributed by atoms with Crippen LogP contribution in [0.5, 0.6) is 0 Å². The van der Waals surface area contributed by atoms with Crippen LogP contribution in [0.2, 0.25) is 0 Å². The molecule has 0 amide bonds. The van der Waals surface area contributed by atoms with Crippen molar-refractivity contribution >= 4 is 5.97 Å². The van der Waals surface area contributed by atoms with Crippen molar-refractivity contribution in [2.45, 2.75) is 32.0 Å². The molecule has 0 fully saturated rings. The van der Waals surface area contributed by atoms with Gasteiger partial charge in [-0.1, -0.05) is 13.3 Å². The van der Waals surface area contributed by atoms with E-state index in [1.54, 1.807) is 0 Å². The molecule has 3 heteroatoms. The van der Waals surface area contributed by atoms with Crippen LogP contribution in [0.25, 0.3) is 0 Å². The summed E-state index contributed by atoms with van der Waals surface area (Å²) in [4.78, 5) is 10.6. The smallest absolute Gasteiger partial charge is 0.333 e. The lowest BCUT2D eigenvalue weighted by molar-refractivity contribution is -0.180. The normalized spacial score (nSPS) is 29.1. The number of unbranched alkanes of at least 4 members (excludes halogenated alkanes) is 1. The minimum absolute atomic E-state index is 0.455. The van der Waals surface area contributed by atoms with Crippen molar-refractivity contribution < 1.29 is 14.6 Å². The largest absolute Gasteiger partial charge is 0.426 e. The molecule has 0 aliphatic carbocycles. The second-order valence-corrected chi connectivity index (χ2v) is 2.70. The fraction of sp³-hybridized carbons (Fsp3) is 0.625. The fourth-order valence-electron chi connectivity index (χ4n) is 1.00. The van der Waals surface area contributed by atoms with E-state index in [1.165, 1.54) is 12.2 Å². The average molecular weight is 156 g/mol. The van der Waals surface area contributed by atoms with Crippen molar-refractivity contribution in [2.24, 2.45) is 0 Å². The third-order valence-electron chi connectivity index (χ3n) is 1.65. The van der Waals surface area contributed by atoms with E-state index < -0.39 is 11.8 Å². The van der Waals surface area contributed by atoms with Gasteiger partial charge in [0.15, 0.2) is 0 Å². The molecule has 0 radical (unpaired) electrons. The first-order chi connectivity index (χ1) is 5.16. The summed E-state index contributed by atoms with van der Waals surface area (Å²) in [6.45, 7) is 2.02. The average Bonchev–Trinajstić information content (AvgIpc) is 2.28. The number of rotatable bonds is 3. The minimum Gasteiger partial charge on any atom is -0.426 e. The Morgan fingerprint density at radius 1 is 1.73 bits per heavy atom. The number of ether oxygens (including phenoxy) is 1. The molecule has 0 spiro atoms. The Labute approximate surface area is 65.7 Å². The second-order valence-electron chi connectivity index (χ2n) is 2.70. The lowest BCUT2D eigenvalue weighted by atomic mass is 10.1. The SMILES string of the molecule is CCCCC1(O)C=CC(=O)O1. The van der Waals surface area contributed by atoms with Crippen LogP contribution in [0.15, 0.2) is 12.2 Å². The molecular weight excluding hydrogens is 144 g/mol. The molecule has 1 heterocycles. The molecule has 1 rings (SSSR count). The van der Waals surface area contributed by atoms with Crippen LogP contribution < -0.4 is 0 Å². The first-order valence-corrected chi connectivity index (χ1v) is 3.81. The third kappa shape index (κ3) is 2.05. The van der Waals surface area contributed by atoms with E-state index in [1.807, 2.05) is 6.92 Å². The highest BCUT2D eigenvalue weighted by molar-refractivity contribution is 5.84. The predicted octanol–water partition coefficient (Wildman–Crippen LogP) is 0.978. The van der Waals surface area contributed by atoms with Crippen molar-refractivity contribution in [3.63, 3.8) is 0 Å². The number of hydrogen-bond donors (Lipinski definition) is 1. The van der Waals surface area contributed by atoms with Gasteiger partial charge >= 0.3 is 5.97 Å². The van der Waals surface area contributed by atoms with Gasteiger partial charge in [0.25, 0.3) is 0 Å². The van der Waals surface area contributed by atoms with Gasteiger partial charge in [-0.3, -0.25) is 0 Å². The van der Waals surface area contributed by atoms with Crippen LogP contribution in [-0.2, 0) is 9.53 Å². The van der Waals surface area contributed by atoms with Gasteiger partial charge in [0.2, 0.25) is 5.79 Å². The van der Waals surface area contributed by atoms with E-state index in [9.17, 15) is 9.90 Å². The van der Waals surface area contributed by atoms with Crippen LogP contribution in [0, 0.1) is 0 Å². The highest BCUT2D eigenvalue weighted by Gasteiger charge is 2.31. The molecule has 0 aromatic rings. The summed E-state index contributed by atoms with van der Waals surface area (Å²) in [6.07, 6.45) is 4.99. The van der Waals surface area contributed by atoms with Crippen molar-refractivity contribution in [1.29, 1.82) is 0 Å². The number of cyclic esters (lactones) is 1. The predicted molar refractivity (Wildman–Crippen MR) is 39.7 cm³/mol. The third-order valence-corrected chi connectivity index (χ3v) is 1.65. The van der Waals surface area contributed by atoms with E-state index >= 15 is 0 Å². The first-order valence-electron chi connectivity index (χ1n) is 3.81. The maximum absolute atomic E-state index is 10.6. The van der Waals surface area contributed by atoms with E-state index in [0.717, 1.165) is 12.8 Å². The van der Waals surface area contributed by atoms with E-state index in [-0.39, 0.29) is 0 Å². The number of hydrogen-bond acceptors (Lipinski definition) is 3. The molecule has 1 N–H and O–H groups in total. The van der Waals surface area contributed by atoms with Crippen molar-refractivity contribution in [3.05, 3.63) is 12.2 Å². The van der Waals surface area contributed by atoms with E-state index in [0.29, 0.717) is 6.42 Å². The summed E-state index contributed by atoms with van der Waals surface area (Å²) in [5.41, 5.74) is 0. The van der Waals surface area contributed by atoms with Gasteiger partial charge in [-0.15, -0.1) is 0 Å². The van der Waals surface area contributed by atoms with Crippen molar-refractivity contribution in [1.82, 2.24) is 0 Å². The van der Waals surface area contributed by atoms with Crippen LogP contribution in [0.3, 0.4) is 0 Å². The molecule has 3 nitrogen and oxygen atoms in total. The Balaban J connectivity index is 2.43. The molecule has 0 bridgehead atoms. The zero-order valence-electron chi connectivity index (χ0n) is 6.54. The molecule has 0 saturated carbocycles. The fourth-order valence-corrected chi connectivity index (χ4v) is 1.00.